The van der Waals surface area contributed by atoms with E-state index in [0.717, 1.165) is 6.20 Å². The van der Waals surface area contributed by atoms with Crippen LogP contribution in [0.1, 0.15) is 22.5 Å². The highest BCUT2D eigenvalue weighted by Crippen LogP contribution is 2.35. The Balaban J connectivity index is 3.41. The van der Waals surface area contributed by atoms with E-state index >= 15 is 0 Å². The Bertz CT molecular complexity index is 383. The molecule has 1 heterocycles. The van der Waals surface area contributed by atoms with Crippen molar-refractivity contribution >= 4 is 17.6 Å². The van der Waals surface area contributed by atoms with Crippen molar-refractivity contribution in [1.82, 2.24) is 4.98 Å². The first kappa shape index (κ1) is 10.6. The maximum Gasteiger partial charge on any atom is 0.358 e. The molecule has 14 heavy (non-hydrogen) atoms. The highest BCUT2D eigenvalue weighted by Gasteiger charge is 2.23. The lowest BCUT2D eigenvalue weighted by atomic mass is 10.2. The first-order valence-electron chi connectivity index (χ1n) is 3.34. The fourth-order valence-electron chi connectivity index (χ4n) is 0.857. The molecule has 1 aromatic rings. The second-order valence-electron chi connectivity index (χ2n) is 2.32. The molecule has 0 bridgehead atoms. The minimum absolute atomic E-state index is 0.470. The van der Waals surface area contributed by atoms with Gasteiger partial charge in [-0.3, -0.25) is 0 Å². The van der Waals surface area contributed by atoms with Crippen LogP contribution < -0.4 is 0 Å². The summed E-state index contributed by atoms with van der Waals surface area (Å²) in [6, 6.07) is 0. The third-order valence-electron chi connectivity index (χ3n) is 1.46. The van der Waals surface area contributed by atoms with Crippen LogP contribution in [0.5, 0.6) is 5.75 Å². The van der Waals surface area contributed by atoms with Gasteiger partial charge in [-0.1, -0.05) is 11.6 Å². The summed E-state index contributed by atoms with van der Waals surface area (Å²) in [5, 5.41) is 17.1. The highest BCUT2D eigenvalue weighted by molar-refractivity contribution is 6.31. The number of nitrogens with zero attached hydrogens (tertiary/aromatic N) is 1. The zero-order valence-electron chi connectivity index (χ0n) is 6.54. The molecule has 1 rings (SSSR count). The number of hydrogen-bond acceptors (Lipinski definition) is 3. The number of pyridine rings is 1. The summed E-state index contributed by atoms with van der Waals surface area (Å²) in [5.74, 6) is -2.69. The van der Waals surface area contributed by atoms with Crippen molar-refractivity contribution in [3.63, 3.8) is 0 Å². The van der Waals surface area contributed by atoms with E-state index < -0.39 is 34.4 Å². The number of aromatic hydroxyl groups is 1. The van der Waals surface area contributed by atoms with Gasteiger partial charge in [0.05, 0.1) is 10.6 Å². The molecule has 0 aliphatic rings. The van der Waals surface area contributed by atoms with Gasteiger partial charge in [-0.15, -0.1) is 0 Å². The summed E-state index contributed by atoms with van der Waals surface area (Å²) < 4.78 is 24.5. The van der Waals surface area contributed by atoms with Crippen LogP contribution in [0.3, 0.4) is 0 Å². The topological polar surface area (TPSA) is 70.4 Å². The lowest BCUT2D eigenvalue weighted by Crippen LogP contribution is -2.03. The van der Waals surface area contributed by atoms with Gasteiger partial charge in [-0.05, 0) is 0 Å². The summed E-state index contributed by atoms with van der Waals surface area (Å²) in [7, 11) is 0. The average Bonchev–Trinajstić information content (AvgIpc) is 2.02. The number of carbonyl (C=O) groups is 1. The van der Waals surface area contributed by atoms with Gasteiger partial charge in [0.2, 0.25) is 0 Å². The van der Waals surface area contributed by atoms with Gasteiger partial charge < -0.3 is 10.2 Å². The highest BCUT2D eigenvalue weighted by atomic mass is 35.5. The molecule has 4 nitrogen and oxygen atoms in total. The zero-order chi connectivity index (χ0) is 10.9. The van der Waals surface area contributed by atoms with Gasteiger partial charge in [0.1, 0.15) is 0 Å². The smallest absolute Gasteiger partial charge is 0.358 e. The Morgan fingerprint density at radius 3 is 2.57 bits per heavy atom. The molecule has 0 fully saturated rings. The molecule has 0 aromatic carbocycles. The molecule has 76 valence electrons. The van der Waals surface area contributed by atoms with E-state index in [0.29, 0.717) is 0 Å². The molecule has 0 saturated carbocycles. The molecule has 0 unspecified atom stereocenters. The van der Waals surface area contributed by atoms with Crippen molar-refractivity contribution in [2.75, 3.05) is 0 Å². The number of alkyl halides is 2. The summed E-state index contributed by atoms with van der Waals surface area (Å²) >= 11 is 5.31. The number of halogens is 3. The Morgan fingerprint density at radius 1 is 1.57 bits per heavy atom. The largest absolute Gasteiger partial charge is 0.505 e. The third-order valence-corrected chi connectivity index (χ3v) is 1.77. The van der Waals surface area contributed by atoms with Crippen LogP contribution in [0.2, 0.25) is 5.02 Å². The Kier molecular flexibility index (Phi) is 2.85. The Morgan fingerprint density at radius 2 is 2.14 bits per heavy atom. The van der Waals surface area contributed by atoms with Gasteiger partial charge in [-0.2, -0.15) is 0 Å². The van der Waals surface area contributed by atoms with Crippen LogP contribution in [0.4, 0.5) is 8.78 Å². The molecule has 0 aliphatic carbocycles. The van der Waals surface area contributed by atoms with E-state index in [-0.39, 0.29) is 0 Å². The van der Waals surface area contributed by atoms with Crippen molar-refractivity contribution in [3.8, 4) is 5.75 Å². The molecule has 0 atom stereocenters. The van der Waals surface area contributed by atoms with Crippen LogP contribution in [0.25, 0.3) is 0 Å². The van der Waals surface area contributed by atoms with E-state index in [1.54, 1.807) is 0 Å². The van der Waals surface area contributed by atoms with Crippen molar-refractivity contribution in [3.05, 3.63) is 22.5 Å². The molecule has 7 heteroatoms. The molecule has 0 spiro atoms. The van der Waals surface area contributed by atoms with E-state index in [1.165, 1.54) is 0 Å². The lowest BCUT2D eigenvalue weighted by Gasteiger charge is -2.06. The van der Waals surface area contributed by atoms with Gasteiger partial charge in [0.25, 0.3) is 6.43 Å². The number of aromatic carboxylic acids is 1. The van der Waals surface area contributed by atoms with Crippen LogP contribution >= 0.6 is 11.6 Å². The number of hydrogen-bond donors (Lipinski definition) is 2. The molecule has 0 amide bonds. The molecule has 2 N–H and O–H groups in total. The van der Waals surface area contributed by atoms with Crippen LogP contribution in [-0.4, -0.2) is 21.2 Å². The number of carboxylic acids is 1. The van der Waals surface area contributed by atoms with E-state index in [2.05, 4.69) is 4.98 Å². The molecular weight excluding hydrogens is 220 g/mol. The van der Waals surface area contributed by atoms with Crippen LogP contribution in [-0.2, 0) is 0 Å². The first-order valence-corrected chi connectivity index (χ1v) is 3.71. The number of rotatable bonds is 2. The van der Waals surface area contributed by atoms with Gasteiger partial charge in [-0.25, -0.2) is 18.6 Å². The second-order valence-corrected chi connectivity index (χ2v) is 2.73. The Labute approximate surface area is 81.8 Å². The second kappa shape index (κ2) is 3.75. The number of aromatic nitrogens is 1. The average molecular weight is 224 g/mol. The van der Waals surface area contributed by atoms with Crippen molar-refractivity contribution < 1.29 is 23.8 Å². The van der Waals surface area contributed by atoms with Crippen LogP contribution in [0.15, 0.2) is 6.20 Å². The van der Waals surface area contributed by atoms with Gasteiger partial charge >= 0.3 is 5.97 Å². The van der Waals surface area contributed by atoms with Crippen LogP contribution in [0, 0.1) is 0 Å². The first-order chi connectivity index (χ1) is 6.45. The molecule has 0 radical (unpaired) electrons. The fraction of sp³-hybridized carbons (Fsp3) is 0.143. The van der Waals surface area contributed by atoms with E-state index in [1.807, 2.05) is 0 Å². The maximum atomic E-state index is 12.3. The Hall–Kier alpha value is -1.43. The monoisotopic (exact) mass is 223 g/mol. The van der Waals surface area contributed by atoms with Crippen molar-refractivity contribution in [1.29, 1.82) is 0 Å². The third kappa shape index (κ3) is 1.74. The van der Waals surface area contributed by atoms with Crippen molar-refractivity contribution in [2.45, 2.75) is 6.43 Å². The molecule has 0 aliphatic heterocycles. The van der Waals surface area contributed by atoms with Crippen molar-refractivity contribution in [2.24, 2.45) is 0 Å². The standard InChI is InChI=1S/C7H4ClF2NO3/c8-2-1-11-4(7(13)14)5(12)3(2)6(9)10/h1,6,12H,(H,13,14). The summed E-state index contributed by atoms with van der Waals surface area (Å²) in [6.07, 6.45) is -2.30. The molecule has 1 aromatic heterocycles. The lowest BCUT2D eigenvalue weighted by molar-refractivity contribution is 0.0685. The zero-order valence-corrected chi connectivity index (χ0v) is 7.29. The SMILES string of the molecule is O=C(O)c1ncc(Cl)c(C(F)F)c1O. The maximum absolute atomic E-state index is 12.3. The minimum atomic E-state index is -3.05. The van der Waals surface area contributed by atoms with E-state index in [4.69, 9.17) is 21.8 Å². The summed E-state index contributed by atoms with van der Waals surface area (Å²) in [4.78, 5) is 13.6. The predicted molar refractivity (Wildman–Crippen MR) is 42.8 cm³/mol. The predicted octanol–water partition coefficient (Wildman–Crippen LogP) is 2.08. The normalized spacial score (nSPS) is 10.6. The quantitative estimate of drug-likeness (QED) is 0.805. The minimum Gasteiger partial charge on any atom is -0.505 e. The summed E-state index contributed by atoms with van der Waals surface area (Å²) in [6.45, 7) is 0. The fourth-order valence-corrected chi connectivity index (χ4v) is 1.08. The van der Waals surface area contributed by atoms with Gasteiger partial charge in [0.15, 0.2) is 11.4 Å². The van der Waals surface area contributed by atoms with Gasteiger partial charge in [0, 0.05) is 6.20 Å². The summed E-state index contributed by atoms with van der Waals surface area (Å²) in [5.41, 5.74) is -1.76. The number of carboxylic acid groups (broad SMARTS) is 1. The molecular formula is C7H4ClF2NO3. The van der Waals surface area contributed by atoms with E-state index in [9.17, 15) is 13.6 Å². The molecule has 0 saturated heterocycles.